The van der Waals surface area contributed by atoms with Crippen molar-refractivity contribution in [1.29, 1.82) is 0 Å². The number of ketones is 1. The molecule has 6 aromatic heterocycles. The van der Waals surface area contributed by atoms with E-state index in [9.17, 15) is 9.90 Å². The Morgan fingerprint density at radius 2 is 0.773 bits per heavy atom. The summed E-state index contributed by atoms with van der Waals surface area (Å²) in [6.45, 7) is 8.63. The van der Waals surface area contributed by atoms with Crippen LogP contribution in [0.1, 0.15) is 43.4 Å². The second kappa shape index (κ2) is 42.5. The van der Waals surface area contributed by atoms with E-state index in [-0.39, 0.29) is 35.3 Å². The van der Waals surface area contributed by atoms with Crippen LogP contribution in [-0.4, -0.2) is 41.3 Å². The summed E-state index contributed by atoms with van der Waals surface area (Å²) in [5, 5.41) is 29.9. The largest absolute Gasteiger partial charge is 1.00 e. The fourth-order valence-corrected chi connectivity index (χ4v) is 18.3. The number of furan rings is 2. The van der Waals surface area contributed by atoms with E-state index in [0.29, 0.717) is 44.1 Å². The maximum Gasteiger partial charge on any atom is 1.00 e. The molecular weight excluding hydrogens is 1580 g/mol. The zero-order chi connectivity index (χ0) is 82.2. The molecule has 6 heterocycles. The summed E-state index contributed by atoms with van der Waals surface area (Å²) < 4.78 is 11.2. The SMILES string of the molecule is CC(C)(C)[O-].Cc1cc2c(Cl)nc(-c3cccc(Cl)c3)nc2o1.Cc1cc2c(Nc3ccncc3)nc(-c3cccc(Cl)c3)nc2o1.Nc1ccncc1.O=C(/C=C\c1ccccc1)/C=C/c1ccccc1.[Na+].c1ccc(P(c2ccccc2)c2ccc3ccccc3c2-c2c(P(c3ccccc3)c3ccccc3)ccc3ccccc23)cc1. The number of hydrogen-bond acceptors (Lipinski definition) is 12. The third kappa shape index (κ3) is 24.2. The summed E-state index contributed by atoms with van der Waals surface area (Å²) in [7, 11) is -1.70. The van der Waals surface area contributed by atoms with Gasteiger partial charge < -0.3 is 25.0 Å². The van der Waals surface area contributed by atoms with Gasteiger partial charge in [-0.3, -0.25) is 14.8 Å². The molecule has 0 aliphatic rings. The van der Waals surface area contributed by atoms with Gasteiger partial charge in [-0.1, -0.05) is 347 Å². The number of fused-ring (bicyclic) bond motifs is 4. The number of anilines is 3. The quantitative estimate of drug-likeness (QED) is 0.0430. The molecule has 3 N–H and O–H groups in total. The third-order valence-corrected chi connectivity index (χ3v) is 23.6. The molecule has 12 aromatic carbocycles. The Hall–Kier alpha value is -11.9. The maximum absolute atomic E-state index is 11.6. The van der Waals surface area contributed by atoms with E-state index < -0.39 is 21.4 Å². The number of carbonyl (C=O) groups is 1. The number of carbonyl (C=O) groups excluding carboxylic acids is 1. The number of pyridine rings is 2. The minimum Gasteiger partial charge on any atom is -0.850 e. The van der Waals surface area contributed by atoms with Gasteiger partial charge in [0.1, 0.15) is 22.5 Å². The molecule has 0 fully saturated rings. The zero-order valence-electron chi connectivity index (χ0n) is 66.4. The zero-order valence-corrected chi connectivity index (χ0v) is 72.4. The van der Waals surface area contributed by atoms with Crippen molar-refractivity contribution in [2.24, 2.45) is 0 Å². The van der Waals surface area contributed by atoms with Crippen molar-refractivity contribution < 1.29 is 48.3 Å². The first-order chi connectivity index (χ1) is 57.4. The molecule has 582 valence electrons. The Morgan fingerprint density at radius 3 is 1.17 bits per heavy atom. The van der Waals surface area contributed by atoms with Crippen LogP contribution in [-0.2, 0) is 4.79 Å². The predicted molar refractivity (Wildman–Crippen MR) is 495 cm³/mol. The molecule has 0 spiro atoms. The average Bonchev–Trinajstić information content (AvgIpc) is 1.39. The molecule has 0 bridgehead atoms. The number of aromatic nitrogens is 6. The van der Waals surface area contributed by atoms with Crippen LogP contribution in [0.3, 0.4) is 0 Å². The van der Waals surface area contributed by atoms with Gasteiger partial charge in [0.15, 0.2) is 17.4 Å². The van der Waals surface area contributed by atoms with Gasteiger partial charge in [-0.05, 0) is 178 Å². The average molecular weight is 1660 g/mol. The van der Waals surface area contributed by atoms with E-state index >= 15 is 0 Å². The standard InChI is InChI=1S/C44H32P2.C18H13ClN4O.C17H14O.C13H8Cl2N2O.C5H6N2.C4H9O.Na/c1-5-19-35(20-6-1)45(36-21-7-2-8-22-36)41-31-29-33-17-13-15-27-39(33)43(41)44-40-28-16-14-18-34(40)30-32-42(44)46(37-23-9-3-10-24-37)38-25-11-4-12-26-38;1-11-9-15-17(21-14-5-7-20-8-6-14)22-16(23-18(15)24-11)12-3-2-4-13(19)10-12;18-17(13-11-15-7-3-1-4-8-15)14-12-16-9-5-2-6-10-16;1-7-5-10-11(15)16-12(17-13(10)18-7)8-3-2-4-9(14)6-8;6-5-1-3-7-4-2-5;1-4(2,3)5;/h1-32H;2-10H,1H3,(H,20,21,22,23);1-14H;2-6H,1H3;1-4H,(H2,6,7);1-3H3;/q;;;;;-1;+1/b;;13-11-,14-12+;;;;. The Kier molecular flexibility index (Phi) is 30.9. The summed E-state index contributed by atoms with van der Waals surface area (Å²) in [5.74, 6) is 3.26. The van der Waals surface area contributed by atoms with Crippen molar-refractivity contribution in [2.75, 3.05) is 11.1 Å². The van der Waals surface area contributed by atoms with Crippen LogP contribution >= 0.6 is 50.6 Å². The van der Waals surface area contributed by atoms with Gasteiger partial charge in [0.05, 0.1) is 10.8 Å². The normalized spacial score (nSPS) is 11.0. The first kappa shape index (κ1) is 86.5. The molecule has 0 aliphatic heterocycles. The van der Waals surface area contributed by atoms with Gasteiger partial charge in [-0.2, -0.15) is 9.97 Å². The topological polar surface area (TPSA) is 182 Å². The minimum atomic E-state index is -0.852. The monoisotopic (exact) mass is 1660 g/mol. The Labute approximate surface area is 733 Å². The van der Waals surface area contributed by atoms with Crippen LogP contribution in [0, 0.1) is 13.8 Å². The van der Waals surface area contributed by atoms with Gasteiger partial charge in [0, 0.05) is 57.3 Å². The summed E-state index contributed by atoms with van der Waals surface area (Å²) in [4.78, 5) is 37.2. The first-order valence-electron chi connectivity index (χ1n) is 38.0. The van der Waals surface area contributed by atoms with E-state index in [1.807, 2.05) is 147 Å². The molecule has 119 heavy (non-hydrogen) atoms. The van der Waals surface area contributed by atoms with Gasteiger partial charge >= 0.3 is 29.6 Å². The van der Waals surface area contributed by atoms with Crippen molar-refractivity contribution in [1.82, 2.24) is 29.9 Å². The number of nitrogens with two attached hydrogens (primary N) is 1. The summed E-state index contributed by atoms with van der Waals surface area (Å²) >= 11 is 18.2. The van der Waals surface area contributed by atoms with Crippen molar-refractivity contribution in [3.05, 3.63) is 415 Å². The number of benzene rings is 12. The molecule has 12 nitrogen and oxygen atoms in total. The summed E-state index contributed by atoms with van der Waals surface area (Å²) in [6.07, 6.45) is 13.6. The van der Waals surface area contributed by atoms with Gasteiger partial charge in [-0.25, -0.2) is 9.97 Å². The number of nitrogens with one attached hydrogen (secondary N) is 1. The molecule has 18 heteroatoms. The first-order valence-corrected chi connectivity index (χ1v) is 41.9. The third-order valence-electron chi connectivity index (χ3n) is 17.9. The molecule has 0 saturated heterocycles. The van der Waals surface area contributed by atoms with Crippen LogP contribution in [0.4, 0.5) is 17.2 Å². The van der Waals surface area contributed by atoms with E-state index in [0.717, 1.165) is 55.9 Å². The minimum absolute atomic E-state index is 0. The summed E-state index contributed by atoms with van der Waals surface area (Å²) in [6, 6.07) is 117. The molecule has 0 amide bonds. The smallest absolute Gasteiger partial charge is 0.850 e. The molecular formula is C101H82Cl3N8NaO4P2. The Balaban J connectivity index is 0.000000149. The molecule has 0 atom stereocenters. The van der Waals surface area contributed by atoms with Crippen molar-refractivity contribution in [3.8, 4) is 33.9 Å². The van der Waals surface area contributed by atoms with Gasteiger partial charge in [-0.15, -0.1) is 5.60 Å². The molecule has 18 aromatic rings. The number of allylic oxidation sites excluding steroid dienone is 2. The second-order valence-electron chi connectivity index (χ2n) is 27.9. The van der Waals surface area contributed by atoms with E-state index in [4.69, 9.17) is 49.4 Å². The van der Waals surface area contributed by atoms with Crippen LogP contribution in [0.25, 0.3) is 89.8 Å². The number of halogens is 3. The number of hydrogen-bond donors (Lipinski definition) is 2. The van der Waals surface area contributed by atoms with E-state index in [2.05, 4.69) is 229 Å². The van der Waals surface area contributed by atoms with Crippen LogP contribution < -0.4 is 77.5 Å². The fourth-order valence-electron chi connectivity index (χ4n) is 12.7. The number of nitrogen functional groups attached to an aromatic ring is 1. The summed E-state index contributed by atoms with van der Waals surface area (Å²) in [5.41, 5.74) is 13.6. The second-order valence-corrected chi connectivity index (χ2v) is 33.5. The van der Waals surface area contributed by atoms with Crippen molar-refractivity contribution in [3.63, 3.8) is 0 Å². The molecule has 0 radical (unpaired) electrons. The van der Waals surface area contributed by atoms with Gasteiger partial charge in [0.25, 0.3) is 0 Å². The molecule has 0 unspecified atom stereocenters. The number of aryl methyl sites for hydroxylation is 2. The molecule has 0 saturated carbocycles. The van der Waals surface area contributed by atoms with E-state index in [1.54, 1.807) is 82.0 Å². The number of nitrogens with zero attached hydrogens (tertiary/aromatic N) is 6. The molecule has 18 rings (SSSR count). The fraction of sp³-hybridized carbons (Fsp3) is 0.0594. The van der Waals surface area contributed by atoms with Crippen molar-refractivity contribution >= 4 is 161 Å². The Morgan fingerprint density at radius 1 is 0.412 bits per heavy atom. The molecule has 0 aliphatic carbocycles. The predicted octanol–water partition coefficient (Wildman–Crippen LogP) is 20.5. The van der Waals surface area contributed by atoms with Crippen LogP contribution in [0.5, 0.6) is 0 Å². The van der Waals surface area contributed by atoms with Crippen LogP contribution in [0.2, 0.25) is 15.2 Å². The maximum atomic E-state index is 11.6. The van der Waals surface area contributed by atoms with Crippen LogP contribution in [0.15, 0.2) is 385 Å². The number of rotatable bonds is 15. The van der Waals surface area contributed by atoms with Crippen molar-refractivity contribution in [2.45, 2.75) is 40.2 Å². The van der Waals surface area contributed by atoms with Gasteiger partial charge in [0.2, 0.25) is 11.4 Å². The Bertz CT molecular complexity index is 6100. The van der Waals surface area contributed by atoms with E-state index in [1.165, 1.54) is 64.5 Å².